The van der Waals surface area contributed by atoms with Crippen LogP contribution in [-0.4, -0.2) is 28.9 Å². The van der Waals surface area contributed by atoms with Crippen LogP contribution < -0.4 is 19.7 Å². The van der Waals surface area contributed by atoms with Crippen molar-refractivity contribution in [3.8, 4) is 11.5 Å². The summed E-state index contributed by atoms with van der Waals surface area (Å²) in [5.74, 6) is 1.50. The van der Waals surface area contributed by atoms with Crippen LogP contribution >= 0.6 is 12.2 Å². The lowest BCUT2D eigenvalue weighted by Gasteiger charge is -2.29. The van der Waals surface area contributed by atoms with Gasteiger partial charge in [-0.1, -0.05) is 6.07 Å². The Morgan fingerprint density at radius 3 is 2.53 bits per heavy atom. The molecule has 3 heterocycles. The Morgan fingerprint density at radius 1 is 1.06 bits per heavy atom. The average molecular weight is 449 g/mol. The zero-order valence-corrected chi connectivity index (χ0v) is 19.6. The van der Waals surface area contributed by atoms with Crippen molar-refractivity contribution < 1.29 is 9.47 Å². The molecule has 2 aromatic heterocycles. The molecule has 0 unspecified atom stereocenters. The van der Waals surface area contributed by atoms with E-state index in [1.165, 1.54) is 29.8 Å². The number of benzene rings is 1. The fourth-order valence-electron chi connectivity index (χ4n) is 4.91. The third-order valence-electron chi connectivity index (χ3n) is 6.50. The first-order valence-electron chi connectivity index (χ1n) is 10.9. The van der Waals surface area contributed by atoms with Crippen LogP contribution in [0, 0.1) is 13.8 Å². The predicted molar refractivity (Wildman–Crippen MR) is 130 cm³/mol. The van der Waals surface area contributed by atoms with E-state index in [1.54, 1.807) is 14.2 Å². The van der Waals surface area contributed by atoms with Crippen molar-refractivity contribution in [2.45, 2.75) is 44.8 Å². The summed E-state index contributed by atoms with van der Waals surface area (Å²) in [6, 6.07) is 14.6. The first-order valence-corrected chi connectivity index (χ1v) is 11.3. The van der Waals surface area contributed by atoms with E-state index in [0.29, 0.717) is 11.2 Å². The molecule has 1 aliphatic heterocycles. The number of ether oxygens (including phenoxy) is 2. The van der Waals surface area contributed by atoms with Crippen LogP contribution in [0.1, 0.15) is 53.6 Å². The summed E-state index contributed by atoms with van der Waals surface area (Å²) in [6.45, 7) is 4.42. The van der Waals surface area contributed by atoms with E-state index in [0.717, 1.165) is 22.9 Å². The Hall–Kier alpha value is -3.06. The van der Waals surface area contributed by atoms with Gasteiger partial charge in [0, 0.05) is 29.7 Å². The largest absolute Gasteiger partial charge is 0.497 e. The van der Waals surface area contributed by atoms with Crippen molar-refractivity contribution in [1.82, 2.24) is 14.9 Å². The number of rotatable bonds is 6. The minimum Gasteiger partial charge on any atom is -0.497 e. The maximum atomic E-state index is 5.89. The van der Waals surface area contributed by atoms with E-state index in [2.05, 4.69) is 45.7 Å². The Labute approximate surface area is 194 Å². The monoisotopic (exact) mass is 448 g/mol. The number of anilines is 1. The molecular weight excluding hydrogens is 420 g/mol. The lowest BCUT2D eigenvalue weighted by atomic mass is 9.96. The Morgan fingerprint density at radius 2 is 1.88 bits per heavy atom. The average Bonchev–Trinajstić information content (AvgIpc) is 3.52. The van der Waals surface area contributed by atoms with Gasteiger partial charge in [-0.15, -0.1) is 0 Å². The number of nitrogens with one attached hydrogen (secondary N) is 1. The zero-order valence-electron chi connectivity index (χ0n) is 18.8. The van der Waals surface area contributed by atoms with Crippen molar-refractivity contribution in [2.75, 3.05) is 19.1 Å². The third kappa shape index (κ3) is 3.41. The number of aromatic nitrogens is 2. The van der Waals surface area contributed by atoms with Crippen molar-refractivity contribution in [2.24, 2.45) is 0 Å². The number of nitrogens with zero attached hydrogens (tertiary/aromatic N) is 3. The second-order valence-corrected chi connectivity index (χ2v) is 8.85. The highest BCUT2D eigenvalue weighted by Crippen LogP contribution is 2.48. The van der Waals surface area contributed by atoms with E-state index in [-0.39, 0.29) is 12.1 Å². The van der Waals surface area contributed by atoms with E-state index >= 15 is 0 Å². The Bertz CT molecular complexity index is 1160. The van der Waals surface area contributed by atoms with Gasteiger partial charge in [-0.2, -0.15) is 0 Å². The van der Waals surface area contributed by atoms with Crippen LogP contribution in [0.5, 0.6) is 11.5 Å². The second kappa shape index (κ2) is 8.13. The minimum atomic E-state index is -0.0900. The van der Waals surface area contributed by atoms with Crippen LogP contribution in [0.2, 0.25) is 0 Å². The molecule has 166 valence electrons. The minimum absolute atomic E-state index is 0.0721. The molecule has 2 aliphatic rings. The van der Waals surface area contributed by atoms with Crippen LogP contribution in [0.4, 0.5) is 5.69 Å². The highest BCUT2D eigenvalue weighted by molar-refractivity contribution is 7.80. The SMILES string of the molecule is COc1ccc(OC)c(N2C(=S)N[C@@H](c3ccccn3)[C@@H]2c2cc(C)n(C3CC3)c2C)c1. The van der Waals surface area contributed by atoms with Gasteiger partial charge in [0.2, 0.25) is 0 Å². The summed E-state index contributed by atoms with van der Waals surface area (Å²) in [6.07, 6.45) is 4.32. The number of methoxy groups -OCH3 is 2. The molecule has 7 heteroatoms. The van der Waals surface area contributed by atoms with Gasteiger partial charge in [-0.3, -0.25) is 4.98 Å². The third-order valence-corrected chi connectivity index (χ3v) is 6.81. The van der Waals surface area contributed by atoms with Crippen molar-refractivity contribution in [3.63, 3.8) is 0 Å². The lowest BCUT2D eigenvalue weighted by molar-refractivity contribution is 0.403. The summed E-state index contributed by atoms with van der Waals surface area (Å²) in [4.78, 5) is 6.83. The molecule has 0 amide bonds. The molecule has 2 fully saturated rings. The number of pyridine rings is 1. The molecule has 3 aromatic rings. The Balaban J connectivity index is 1.69. The highest BCUT2D eigenvalue weighted by atomic mass is 32.1. The first-order chi connectivity index (χ1) is 15.5. The summed E-state index contributed by atoms with van der Waals surface area (Å²) in [5.41, 5.74) is 5.66. The molecule has 5 rings (SSSR count). The molecule has 1 saturated carbocycles. The fourth-order valence-corrected chi connectivity index (χ4v) is 5.25. The second-order valence-electron chi connectivity index (χ2n) is 8.46. The van der Waals surface area contributed by atoms with Gasteiger partial charge in [0.05, 0.1) is 37.7 Å². The summed E-state index contributed by atoms with van der Waals surface area (Å²) in [5, 5.41) is 4.19. The van der Waals surface area contributed by atoms with Gasteiger partial charge >= 0.3 is 0 Å². The van der Waals surface area contributed by atoms with Crippen molar-refractivity contribution >= 4 is 23.0 Å². The van der Waals surface area contributed by atoms with Gasteiger partial charge in [0.25, 0.3) is 0 Å². The van der Waals surface area contributed by atoms with Crippen molar-refractivity contribution in [3.05, 3.63) is 71.3 Å². The molecule has 1 aromatic carbocycles. The van der Waals surface area contributed by atoms with Crippen LogP contribution in [0.15, 0.2) is 48.7 Å². The maximum Gasteiger partial charge on any atom is 0.174 e. The fraction of sp³-hybridized carbons (Fsp3) is 0.360. The molecule has 1 saturated heterocycles. The normalized spacial score (nSPS) is 20.4. The van der Waals surface area contributed by atoms with E-state index in [4.69, 9.17) is 21.7 Å². The zero-order chi connectivity index (χ0) is 22.4. The van der Waals surface area contributed by atoms with E-state index in [9.17, 15) is 0 Å². The predicted octanol–water partition coefficient (Wildman–Crippen LogP) is 5.03. The van der Waals surface area contributed by atoms with Gasteiger partial charge in [-0.05, 0) is 74.8 Å². The lowest BCUT2D eigenvalue weighted by Crippen LogP contribution is -2.30. The topological polar surface area (TPSA) is 51.6 Å². The smallest absolute Gasteiger partial charge is 0.174 e. The van der Waals surface area contributed by atoms with Gasteiger partial charge in [0.1, 0.15) is 11.5 Å². The van der Waals surface area contributed by atoms with Crippen molar-refractivity contribution in [1.29, 1.82) is 0 Å². The van der Waals surface area contributed by atoms with Crippen LogP contribution in [0.25, 0.3) is 0 Å². The summed E-state index contributed by atoms with van der Waals surface area (Å²) in [7, 11) is 3.35. The van der Waals surface area contributed by atoms with Crippen LogP contribution in [0.3, 0.4) is 0 Å². The molecule has 0 radical (unpaired) electrons. The van der Waals surface area contributed by atoms with Gasteiger partial charge in [-0.25, -0.2) is 0 Å². The molecule has 1 N–H and O–H groups in total. The molecule has 32 heavy (non-hydrogen) atoms. The summed E-state index contributed by atoms with van der Waals surface area (Å²) < 4.78 is 13.7. The number of hydrogen-bond donors (Lipinski definition) is 1. The molecule has 6 nitrogen and oxygen atoms in total. The van der Waals surface area contributed by atoms with Gasteiger partial charge < -0.3 is 24.3 Å². The van der Waals surface area contributed by atoms with E-state index < -0.39 is 0 Å². The maximum absolute atomic E-state index is 5.89. The molecule has 0 spiro atoms. The van der Waals surface area contributed by atoms with E-state index in [1.807, 2.05) is 36.5 Å². The van der Waals surface area contributed by atoms with Crippen LogP contribution in [-0.2, 0) is 0 Å². The molecular formula is C25H28N4O2S. The molecule has 0 bridgehead atoms. The molecule has 2 atom stereocenters. The number of hydrogen-bond acceptors (Lipinski definition) is 4. The van der Waals surface area contributed by atoms with Gasteiger partial charge in [0.15, 0.2) is 5.11 Å². The quantitative estimate of drug-likeness (QED) is 0.534. The number of aryl methyl sites for hydroxylation is 1. The Kier molecular flexibility index (Phi) is 5.29. The standard InChI is InChI=1S/C25H28N4O2S/c1-15-13-19(16(2)28(15)17-8-9-17)24-23(20-7-5-6-12-26-20)27-25(32)29(24)21-14-18(30-3)10-11-22(21)31-4/h5-7,10-14,17,23-24H,8-9H2,1-4H3,(H,27,32)/t23-,24-/m0/s1. The number of thiocarbonyl (C=S) groups is 1. The molecule has 1 aliphatic carbocycles. The first kappa shape index (κ1) is 20.8. The summed E-state index contributed by atoms with van der Waals surface area (Å²) >= 11 is 5.89. The highest BCUT2D eigenvalue weighted by Gasteiger charge is 2.44.